The number of ether oxygens (including phenoxy) is 1. The fourth-order valence-corrected chi connectivity index (χ4v) is 2.13. The number of benzene rings is 1. The van der Waals surface area contributed by atoms with Gasteiger partial charge in [-0.25, -0.2) is 0 Å². The van der Waals surface area contributed by atoms with Gasteiger partial charge in [-0.05, 0) is 35.4 Å². The minimum Gasteiger partial charge on any atom is -0.507 e. The lowest BCUT2D eigenvalue weighted by Crippen LogP contribution is -2.13. The van der Waals surface area contributed by atoms with Gasteiger partial charge in [0.05, 0.1) is 6.61 Å². The molecular weight excluding hydrogens is 312 g/mol. The van der Waals surface area contributed by atoms with E-state index in [0.29, 0.717) is 12.2 Å². The second kappa shape index (κ2) is 9.30. The highest BCUT2D eigenvalue weighted by Crippen LogP contribution is 2.34. The summed E-state index contributed by atoms with van der Waals surface area (Å²) >= 11 is 0. The van der Waals surface area contributed by atoms with Crippen LogP contribution in [0.15, 0.2) is 24.7 Å². The highest BCUT2D eigenvalue weighted by atomic mass is 17.2. The molecule has 6 heteroatoms. The third kappa shape index (κ3) is 6.60. The van der Waals surface area contributed by atoms with Crippen LogP contribution in [0.25, 0.3) is 0 Å². The van der Waals surface area contributed by atoms with E-state index in [0.717, 1.165) is 29.2 Å². The normalized spacial score (nSPS) is 11.7. The first-order valence-corrected chi connectivity index (χ1v) is 7.82. The van der Waals surface area contributed by atoms with Crippen LogP contribution in [0.1, 0.15) is 43.9 Å². The number of hydrogen-bond acceptors (Lipinski definition) is 6. The van der Waals surface area contributed by atoms with Crippen molar-refractivity contribution in [3.05, 3.63) is 41.3 Å². The van der Waals surface area contributed by atoms with Crippen LogP contribution in [0.2, 0.25) is 0 Å². The molecule has 0 atom stereocenters. The summed E-state index contributed by atoms with van der Waals surface area (Å²) in [6, 6.07) is 3.80. The van der Waals surface area contributed by atoms with E-state index in [9.17, 15) is 9.90 Å². The number of aliphatic hydroxyl groups is 1. The molecule has 0 saturated heterocycles. The number of aryl methyl sites for hydroxylation is 2. The van der Waals surface area contributed by atoms with Crippen molar-refractivity contribution in [2.24, 2.45) is 0 Å². The molecule has 0 fully saturated rings. The molecule has 0 amide bonds. The van der Waals surface area contributed by atoms with Crippen molar-refractivity contribution in [2.75, 3.05) is 13.2 Å². The molecule has 0 aliphatic heterocycles. The van der Waals surface area contributed by atoms with Gasteiger partial charge in [0, 0.05) is 6.42 Å². The van der Waals surface area contributed by atoms with Crippen LogP contribution in [0, 0.1) is 6.92 Å². The number of phenols is 1. The predicted molar refractivity (Wildman–Crippen MR) is 89.2 cm³/mol. The first-order chi connectivity index (χ1) is 11.3. The standard InChI is InChI=1S/C18H26O6/c1-13-11-14(12-15(17(13)21)18(2,3)4)5-6-16(20)22-9-10-24-23-8-7-19/h9-12,19,21H,5-8H2,1-4H3/b10-9-. The van der Waals surface area contributed by atoms with Gasteiger partial charge < -0.3 is 19.8 Å². The molecule has 0 unspecified atom stereocenters. The van der Waals surface area contributed by atoms with Crippen molar-refractivity contribution in [3.63, 3.8) is 0 Å². The second-order valence-corrected chi connectivity index (χ2v) is 6.46. The molecule has 0 heterocycles. The van der Waals surface area contributed by atoms with Crippen LogP contribution in [0.4, 0.5) is 0 Å². The smallest absolute Gasteiger partial charge is 0.311 e. The van der Waals surface area contributed by atoms with Gasteiger partial charge in [0.15, 0.2) is 6.26 Å². The van der Waals surface area contributed by atoms with Crippen molar-refractivity contribution in [1.82, 2.24) is 0 Å². The van der Waals surface area contributed by atoms with E-state index in [-0.39, 0.29) is 25.0 Å². The fraction of sp³-hybridized carbons (Fsp3) is 0.500. The number of phenolic OH excluding ortho intramolecular Hbond substituents is 1. The topological polar surface area (TPSA) is 85.2 Å². The summed E-state index contributed by atoms with van der Waals surface area (Å²) in [6.45, 7) is 7.82. The summed E-state index contributed by atoms with van der Waals surface area (Å²) in [5, 5.41) is 18.7. The van der Waals surface area contributed by atoms with E-state index in [1.807, 2.05) is 39.8 Å². The van der Waals surface area contributed by atoms with E-state index in [4.69, 9.17) is 9.84 Å². The maximum atomic E-state index is 11.7. The lowest BCUT2D eigenvalue weighted by Gasteiger charge is -2.22. The minimum atomic E-state index is -0.403. The molecule has 134 valence electrons. The lowest BCUT2D eigenvalue weighted by molar-refractivity contribution is -0.254. The van der Waals surface area contributed by atoms with Gasteiger partial charge in [0.1, 0.15) is 18.6 Å². The number of rotatable bonds is 8. The fourth-order valence-electron chi connectivity index (χ4n) is 2.13. The molecule has 2 N–H and O–H groups in total. The Labute approximate surface area is 142 Å². The largest absolute Gasteiger partial charge is 0.507 e. The first kappa shape index (κ1) is 20.0. The SMILES string of the molecule is Cc1cc(CCC(=O)O/C=C\OOCCO)cc(C(C)(C)C)c1O. The van der Waals surface area contributed by atoms with E-state index in [1.165, 1.54) is 0 Å². The molecule has 24 heavy (non-hydrogen) atoms. The number of esters is 1. The van der Waals surface area contributed by atoms with E-state index in [2.05, 4.69) is 9.78 Å². The maximum Gasteiger partial charge on any atom is 0.311 e. The molecule has 0 bridgehead atoms. The van der Waals surface area contributed by atoms with Crippen LogP contribution in [-0.2, 0) is 31.1 Å². The first-order valence-electron chi connectivity index (χ1n) is 7.82. The van der Waals surface area contributed by atoms with Gasteiger partial charge in [0.2, 0.25) is 0 Å². The Morgan fingerprint density at radius 1 is 1.25 bits per heavy atom. The van der Waals surface area contributed by atoms with Crippen molar-refractivity contribution in [2.45, 2.75) is 46.0 Å². The van der Waals surface area contributed by atoms with Crippen LogP contribution in [0.5, 0.6) is 5.75 Å². The Balaban J connectivity index is 2.55. The van der Waals surface area contributed by atoms with Crippen LogP contribution < -0.4 is 0 Å². The number of aliphatic hydroxyl groups excluding tert-OH is 1. The molecule has 1 rings (SSSR count). The van der Waals surface area contributed by atoms with Crippen molar-refractivity contribution in [1.29, 1.82) is 0 Å². The third-order valence-corrected chi connectivity index (χ3v) is 3.34. The molecule has 0 saturated carbocycles. The molecule has 0 spiro atoms. The summed E-state index contributed by atoms with van der Waals surface area (Å²) in [5.74, 6) is -0.100. The van der Waals surface area contributed by atoms with Gasteiger partial charge >= 0.3 is 5.97 Å². The monoisotopic (exact) mass is 338 g/mol. The zero-order valence-electron chi connectivity index (χ0n) is 14.7. The molecule has 0 aliphatic rings. The van der Waals surface area contributed by atoms with Crippen molar-refractivity contribution >= 4 is 5.97 Å². The van der Waals surface area contributed by atoms with Gasteiger partial charge in [-0.3, -0.25) is 4.79 Å². The summed E-state index contributed by atoms with van der Waals surface area (Å²) in [5.41, 5.74) is 2.44. The average molecular weight is 338 g/mol. The Morgan fingerprint density at radius 3 is 2.58 bits per heavy atom. The number of aromatic hydroxyl groups is 1. The summed E-state index contributed by atoms with van der Waals surface area (Å²) < 4.78 is 4.86. The lowest BCUT2D eigenvalue weighted by atomic mass is 9.83. The Morgan fingerprint density at radius 2 is 1.96 bits per heavy atom. The molecule has 0 aliphatic carbocycles. The number of carbonyl (C=O) groups is 1. The van der Waals surface area contributed by atoms with E-state index in [1.54, 1.807) is 0 Å². The van der Waals surface area contributed by atoms with Crippen molar-refractivity contribution < 1.29 is 29.5 Å². The average Bonchev–Trinajstić information content (AvgIpc) is 2.50. The number of hydrogen-bond donors (Lipinski definition) is 2. The third-order valence-electron chi connectivity index (χ3n) is 3.34. The molecule has 1 aromatic carbocycles. The summed E-state index contributed by atoms with van der Waals surface area (Å²) in [7, 11) is 0. The highest BCUT2D eigenvalue weighted by Gasteiger charge is 2.20. The van der Waals surface area contributed by atoms with Crippen LogP contribution >= 0.6 is 0 Å². The summed E-state index contributed by atoms with van der Waals surface area (Å²) in [6.07, 6.45) is 2.88. The Bertz CT molecular complexity index is 572. The van der Waals surface area contributed by atoms with E-state index < -0.39 is 5.97 Å². The quantitative estimate of drug-likeness (QED) is 0.249. The maximum absolute atomic E-state index is 11.7. The van der Waals surface area contributed by atoms with Gasteiger partial charge in [-0.2, -0.15) is 4.89 Å². The zero-order valence-corrected chi connectivity index (χ0v) is 14.7. The Kier molecular flexibility index (Phi) is 7.74. The molecule has 6 nitrogen and oxygen atoms in total. The second-order valence-electron chi connectivity index (χ2n) is 6.46. The predicted octanol–water partition coefficient (Wildman–Crippen LogP) is 2.89. The van der Waals surface area contributed by atoms with E-state index >= 15 is 0 Å². The van der Waals surface area contributed by atoms with Crippen molar-refractivity contribution in [3.8, 4) is 5.75 Å². The van der Waals surface area contributed by atoms with Crippen LogP contribution in [-0.4, -0.2) is 29.4 Å². The van der Waals surface area contributed by atoms with Gasteiger partial charge in [-0.1, -0.05) is 32.9 Å². The zero-order chi connectivity index (χ0) is 18.2. The molecular formula is C18H26O6. The Hall–Kier alpha value is -2.05. The molecule has 0 aromatic heterocycles. The molecule has 0 radical (unpaired) electrons. The summed E-state index contributed by atoms with van der Waals surface area (Å²) in [4.78, 5) is 20.7. The van der Waals surface area contributed by atoms with Crippen LogP contribution in [0.3, 0.4) is 0 Å². The minimum absolute atomic E-state index is 0.0363. The highest BCUT2D eigenvalue weighted by molar-refractivity contribution is 5.70. The van der Waals surface area contributed by atoms with Gasteiger partial charge in [-0.15, -0.1) is 0 Å². The molecule has 1 aromatic rings. The van der Waals surface area contributed by atoms with Gasteiger partial charge in [0.25, 0.3) is 0 Å². The number of carbonyl (C=O) groups excluding carboxylic acids is 1.